The maximum atomic E-state index is 9.24. The number of aliphatic hydroxyl groups excluding tert-OH is 1. The molecule has 0 fully saturated rings. The van der Waals surface area contributed by atoms with Gasteiger partial charge in [0.05, 0.1) is 0 Å². The van der Waals surface area contributed by atoms with Crippen LogP contribution in [0.1, 0.15) is 0 Å². The number of rotatable bonds is 2. The Labute approximate surface area is 89.1 Å². The molecule has 0 rings (SSSR count). The molecule has 0 saturated carbocycles. The minimum atomic E-state index is -3.24. The largest absolute Gasteiger partial charge is 2.00 e. The molecule has 1 N–H and O–H groups in total. The summed E-state index contributed by atoms with van der Waals surface area (Å²) in [6.07, 6.45) is 0. The van der Waals surface area contributed by atoms with E-state index in [4.69, 9.17) is 5.11 Å². The fourth-order valence-corrected chi connectivity index (χ4v) is 0.490. The van der Waals surface area contributed by atoms with E-state index in [-0.39, 0.29) is 37.7 Å². The second-order valence-electron chi connectivity index (χ2n) is 0.529. The Bertz CT molecular complexity index is 91.9. The number of aliphatic hydroxyl groups is 1. The standard InChI is InChI=1S/CH4O.Ca.O5P2/c1-2;;1-6(2)5-7(3)4/h2H,1H3;;/q;+2;. The molecule has 0 amide bonds. The van der Waals surface area contributed by atoms with Crippen LogP contribution in [-0.4, -0.2) is 50.0 Å². The summed E-state index contributed by atoms with van der Waals surface area (Å²) in [7, 11) is -5.47. The third-order valence-electron chi connectivity index (χ3n) is 0.133. The summed E-state index contributed by atoms with van der Waals surface area (Å²) in [5.74, 6) is 0. The molecule has 0 aliphatic heterocycles. The molecule has 0 radical (unpaired) electrons. The fraction of sp³-hybridized carbons (Fsp3) is 1.00. The van der Waals surface area contributed by atoms with E-state index in [9.17, 15) is 18.9 Å². The van der Waals surface area contributed by atoms with Crippen LogP contribution in [0.5, 0.6) is 0 Å². The smallest absolute Gasteiger partial charge is 0.563 e. The van der Waals surface area contributed by atoms with Crippen molar-refractivity contribution >= 4 is 54.2 Å². The number of hydrogen-bond donors (Lipinski definition) is 1. The Morgan fingerprint density at radius 3 is 1.40 bits per heavy atom. The first kappa shape index (κ1) is 17.4. The van der Waals surface area contributed by atoms with Crippen molar-refractivity contribution in [2.24, 2.45) is 0 Å². The van der Waals surface area contributed by atoms with Gasteiger partial charge in [0.15, 0.2) is 0 Å². The van der Waals surface area contributed by atoms with E-state index in [2.05, 4.69) is 4.31 Å². The fourth-order valence-electron chi connectivity index (χ4n) is 0.0544. The maximum absolute atomic E-state index is 9.24. The van der Waals surface area contributed by atoms with Crippen molar-refractivity contribution in [2.75, 3.05) is 7.11 Å². The molecule has 2 unspecified atom stereocenters. The summed E-state index contributed by atoms with van der Waals surface area (Å²) in [6.45, 7) is 0. The van der Waals surface area contributed by atoms with Crippen molar-refractivity contribution in [3.8, 4) is 0 Å². The van der Waals surface area contributed by atoms with Gasteiger partial charge >= 0.3 is 54.2 Å². The number of hydrogen-bond acceptors (Lipinski definition) is 6. The quantitative estimate of drug-likeness (QED) is 0.431. The van der Waals surface area contributed by atoms with Gasteiger partial charge in [0.25, 0.3) is 0 Å². The van der Waals surface area contributed by atoms with Crippen LogP contribution >= 0.6 is 16.5 Å². The topological polar surface area (TPSA) is 110 Å². The molecule has 0 aromatic rings. The third-order valence-corrected chi connectivity index (χ3v) is 1.20. The van der Waals surface area contributed by atoms with Crippen molar-refractivity contribution in [1.82, 2.24) is 0 Å². The third kappa shape index (κ3) is 22.8. The van der Waals surface area contributed by atoms with E-state index in [1.165, 1.54) is 0 Å². The Morgan fingerprint density at radius 2 is 1.40 bits per heavy atom. The van der Waals surface area contributed by atoms with Crippen LogP contribution in [-0.2, 0) is 13.4 Å². The van der Waals surface area contributed by atoms with Gasteiger partial charge in [-0.15, -0.1) is 0 Å². The summed E-state index contributed by atoms with van der Waals surface area (Å²) in [5.41, 5.74) is 0. The van der Waals surface area contributed by atoms with E-state index in [0.717, 1.165) is 7.11 Å². The van der Waals surface area contributed by atoms with Gasteiger partial charge < -0.3 is 14.9 Å². The molecule has 0 aromatic carbocycles. The molecule has 0 bridgehead atoms. The van der Waals surface area contributed by atoms with Gasteiger partial charge in [-0.05, 0) is 9.13 Å². The minimum absolute atomic E-state index is 0. The van der Waals surface area contributed by atoms with Crippen molar-refractivity contribution in [1.29, 1.82) is 0 Å². The molecular weight excluding hydrogens is 210 g/mol. The Hall–Kier alpha value is 1.30. The Morgan fingerprint density at radius 1 is 1.20 bits per heavy atom. The maximum Gasteiger partial charge on any atom is 2.00 e. The Balaban J connectivity index is -0.000000149. The summed E-state index contributed by atoms with van der Waals surface area (Å²) in [5, 5.41) is 7.00. The second kappa shape index (κ2) is 12.9. The van der Waals surface area contributed by atoms with E-state index >= 15 is 0 Å². The SMILES string of the molecule is CO.O=[P+]([O-])O[P+](=O)[O-].[Ca+2]. The van der Waals surface area contributed by atoms with Crippen molar-refractivity contribution in [3.63, 3.8) is 0 Å². The minimum Gasteiger partial charge on any atom is -0.563 e. The molecule has 6 nitrogen and oxygen atoms in total. The molecule has 54 valence electrons. The average molecular weight is 214 g/mol. The molecule has 2 atom stereocenters. The normalized spacial score (nSPS) is 10.0. The van der Waals surface area contributed by atoms with Crippen LogP contribution in [0.15, 0.2) is 0 Å². The van der Waals surface area contributed by atoms with E-state index < -0.39 is 16.5 Å². The van der Waals surface area contributed by atoms with Crippen molar-refractivity contribution in [2.45, 2.75) is 0 Å². The molecule has 0 saturated heterocycles. The Kier molecular flexibility index (Phi) is 22.5. The second-order valence-corrected chi connectivity index (χ2v) is 2.08. The molecule has 0 aliphatic rings. The summed E-state index contributed by atoms with van der Waals surface area (Å²) >= 11 is 0. The van der Waals surface area contributed by atoms with Crippen molar-refractivity contribution in [3.05, 3.63) is 0 Å². The van der Waals surface area contributed by atoms with Crippen LogP contribution in [0.2, 0.25) is 0 Å². The van der Waals surface area contributed by atoms with E-state index in [1.807, 2.05) is 0 Å². The van der Waals surface area contributed by atoms with Crippen molar-refractivity contribution < 1.29 is 28.3 Å². The zero-order chi connectivity index (χ0) is 7.86. The zero-order valence-electron chi connectivity index (χ0n) is 5.09. The van der Waals surface area contributed by atoms with Gasteiger partial charge in [-0.1, -0.05) is 0 Å². The first-order valence-electron chi connectivity index (χ1n) is 1.54. The average Bonchev–Trinajstić information content (AvgIpc) is 1.68. The van der Waals surface area contributed by atoms with Crippen LogP contribution in [0, 0.1) is 0 Å². The molecule has 9 heteroatoms. The van der Waals surface area contributed by atoms with Gasteiger partial charge in [0.1, 0.15) is 4.31 Å². The van der Waals surface area contributed by atoms with E-state index in [1.54, 1.807) is 0 Å². The summed E-state index contributed by atoms with van der Waals surface area (Å²) in [6, 6.07) is 0. The predicted molar refractivity (Wildman–Crippen MR) is 30.2 cm³/mol. The van der Waals surface area contributed by atoms with Gasteiger partial charge in [-0.3, -0.25) is 0 Å². The van der Waals surface area contributed by atoms with Gasteiger partial charge in [-0.25, -0.2) is 0 Å². The summed E-state index contributed by atoms with van der Waals surface area (Å²) < 4.78 is 21.6. The van der Waals surface area contributed by atoms with Gasteiger partial charge in [-0.2, -0.15) is 0 Å². The van der Waals surface area contributed by atoms with Crippen LogP contribution in [0.3, 0.4) is 0 Å². The molecule has 0 aromatic heterocycles. The van der Waals surface area contributed by atoms with Gasteiger partial charge in [0, 0.05) is 7.11 Å². The summed E-state index contributed by atoms with van der Waals surface area (Å²) in [4.78, 5) is 18.5. The zero-order valence-corrected chi connectivity index (χ0v) is 9.09. The molecule has 0 heterocycles. The predicted octanol–water partition coefficient (Wildman–Crippen LogP) is -1.73. The monoisotopic (exact) mass is 214 g/mol. The molecule has 0 aliphatic carbocycles. The first-order valence-corrected chi connectivity index (χ1v) is 3.73. The van der Waals surface area contributed by atoms with Crippen LogP contribution in [0.25, 0.3) is 0 Å². The van der Waals surface area contributed by atoms with Crippen LogP contribution in [0.4, 0.5) is 0 Å². The van der Waals surface area contributed by atoms with Crippen LogP contribution < -0.4 is 9.79 Å². The first-order chi connectivity index (χ1) is 4.13. The van der Waals surface area contributed by atoms with E-state index in [0.29, 0.717) is 0 Å². The molecule has 0 spiro atoms. The molecular formula is CH4CaO6P2+2. The molecule has 10 heavy (non-hydrogen) atoms. The van der Waals surface area contributed by atoms with Gasteiger partial charge in [0.2, 0.25) is 0 Å².